The second kappa shape index (κ2) is 8.09. The van der Waals surface area contributed by atoms with Gasteiger partial charge in [0.15, 0.2) is 12.4 Å². The van der Waals surface area contributed by atoms with Gasteiger partial charge in [0, 0.05) is 0 Å². The fraction of sp³-hybridized carbons (Fsp3) is 0.263. The van der Waals surface area contributed by atoms with Crippen LogP contribution in [-0.2, 0) is 14.2 Å². The zero-order valence-corrected chi connectivity index (χ0v) is 13.7. The topological polar surface area (TPSA) is 102 Å². The van der Waals surface area contributed by atoms with Gasteiger partial charge >= 0.3 is 11.9 Å². The predicted octanol–water partition coefficient (Wildman–Crippen LogP) is 1.15. The van der Waals surface area contributed by atoms with Gasteiger partial charge in [-0.3, -0.25) is 0 Å². The number of hydrogen-bond donors (Lipinski definition) is 2. The Balaban J connectivity index is 1.63. The number of esters is 2. The molecule has 2 aromatic rings. The first-order valence-electron chi connectivity index (χ1n) is 8.06. The summed E-state index contributed by atoms with van der Waals surface area (Å²) in [6, 6.07) is 16.6. The van der Waals surface area contributed by atoms with Gasteiger partial charge in [0.1, 0.15) is 18.8 Å². The third-order valence-electron chi connectivity index (χ3n) is 3.95. The number of carbonyl (C=O) groups excluding carboxylic acids is 2. The van der Waals surface area contributed by atoms with Crippen LogP contribution in [0.5, 0.6) is 0 Å². The first kappa shape index (κ1) is 18.1. The Kier molecular flexibility index (Phi) is 5.62. The molecule has 0 amide bonds. The maximum atomic E-state index is 12.2. The summed E-state index contributed by atoms with van der Waals surface area (Å²) in [4.78, 5) is 24.2. The molecule has 7 nitrogen and oxygen atoms in total. The van der Waals surface area contributed by atoms with Crippen LogP contribution >= 0.6 is 0 Å². The van der Waals surface area contributed by atoms with Crippen LogP contribution in [0.2, 0.25) is 0 Å². The third-order valence-corrected chi connectivity index (χ3v) is 3.95. The average Bonchev–Trinajstić information content (AvgIpc) is 2.95. The summed E-state index contributed by atoms with van der Waals surface area (Å²) in [7, 11) is 0. The van der Waals surface area contributed by atoms with E-state index in [0.717, 1.165) is 0 Å². The van der Waals surface area contributed by atoms with Gasteiger partial charge in [-0.25, -0.2) is 9.59 Å². The molecular formula is C19H18O7. The maximum absolute atomic E-state index is 12.2. The van der Waals surface area contributed by atoms with Crippen molar-refractivity contribution in [2.75, 3.05) is 6.61 Å². The molecule has 26 heavy (non-hydrogen) atoms. The van der Waals surface area contributed by atoms with Crippen LogP contribution in [0.25, 0.3) is 0 Å². The Hall–Kier alpha value is -2.74. The number of carbonyl (C=O) groups is 2. The zero-order valence-electron chi connectivity index (χ0n) is 13.7. The number of rotatable bonds is 5. The van der Waals surface area contributed by atoms with Gasteiger partial charge in [-0.15, -0.1) is 0 Å². The summed E-state index contributed by atoms with van der Waals surface area (Å²) in [5, 5.41) is 19.7. The zero-order chi connectivity index (χ0) is 18.5. The highest BCUT2D eigenvalue weighted by atomic mass is 16.7. The van der Waals surface area contributed by atoms with E-state index < -0.39 is 36.5 Å². The smallest absolute Gasteiger partial charge is 0.338 e. The minimum Gasteiger partial charge on any atom is -0.459 e. The monoisotopic (exact) mass is 358 g/mol. The lowest BCUT2D eigenvalue weighted by Gasteiger charge is -2.20. The van der Waals surface area contributed by atoms with Crippen molar-refractivity contribution >= 4 is 11.9 Å². The standard InChI is InChI=1S/C19H18O7/c20-15-16(26-18(22)13-9-5-2-6-10-13)14(25-19(15)23)11-24-17(21)12-7-3-1-4-8-12/h1-10,14-16,19-20,23H,11H2/t14?,15-,16-,19+/m1/s1. The van der Waals surface area contributed by atoms with Gasteiger partial charge in [0.25, 0.3) is 0 Å². The Morgan fingerprint density at radius 2 is 1.42 bits per heavy atom. The van der Waals surface area contributed by atoms with Crippen LogP contribution in [-0.4, -0.2) is 53.4 Å². The van der Waals surface area contributed by atoms with E-state index >= 15 is 0 Å². The molecule has 0 aliphatic carbocycles. The van der Waals surface area contributed by atoms with Crippen molar-refractivity contribution in [3.05, 3.63) is 71.8 Å². The highest BCUT2D eigenvalue weighted by molar-refractivity contribution is 5.90. The molecule has 2 N–H and O–H groups in total. The molecule has 0 aromatic heterocycles. The summed E-state index contributed by atoms with van der Waals surface area (Å²) in [5.74, 6) is -1.26. The molecule has 3 rings (SSSR count). The fourth-order valence-electron chi connectivity index (χ4n) is 2.58. The summed E-state index contributed by atoms with van der Waals surface area (Å²) in [6.07, 6.45) is -5.13. The number of aliphatic hydroxyl groups is 2. The highest BCUT2D eigenvalue weighted by Crippen LogP contribution is 2.24. The fourth-order valence-corrected chi connectivity index (χ4v) is 2.58. The minimum atomic E-state index is -1.54. The molecular weight excluding hydrogens is 340 g/mol. The molecule has 136 valence electrons. The first-order valence-corrected chi connectivity index (χ1v) is 8.06. The SMILES string of the molecule is O=C(OCC1O[C@H](O)[C@H](O)[C@@H]1OC(=O)c1ccccc1)c1ccccc1. The van der Waals surface area contributed by atoms with Crippen molar-refractivity contribution in [1.29, 1.82) is 0 Å². The summed E-state index contributed by atoms with van der Waals surface area (Å²) >= 11 is 0. The molecule has 4 atom stereocenters. The van der Waals surface area contributed by atoms with E-state index in [1.54, 1.807) is 60.7 Å². The highest BCUT2D eigenvalue weighted by Gasteiger charge is 2.46. The quantitative estimate of drug-likeness (QED) is 0.773. The van der Waals surface area contributed by atoms with Crippen LogP contribution in [0, 0.1) is 0 Å². The van der Waals surface area contributed by atoms with Crippen molar-refractivity contribution in [1.82, 2.24) is 0 Å². The molecule has 1 aliphatic rings. The van der Waals surface area contributed by atoms with Crippen molar-refractivity contribution in [2.24, 2.45) is 0 Å². The molecule has 2 aromatic carbocycles. The van der Waals surface area contributed by atoms with Gasteiger partial charge in [0.05, 0.1) is 11.1 Å². The maximum Gasteiger partial charge on any atom is 0.338 e. The number of aliphatic hydroxyl groups excluding tert-OH is 2. The van der Waals surface area contributed by atoms with E-state index in [1.807, 2.05) is 0 Å². The van der Waals surface area contributed by atoms with Gasteiger partial charge in [-0.1, -0.05) is 36.4 Å². The number of hydrogen-bond acceptors (Lipinski definition) is 7. The average molecular weight is 358 g/mol. The van der Waals surface area contributed by atoms with Crippen LogP contribution in [0.4, 0.5) is 0 Å². The Morgan fingerprint density at radius 1 is 0.885 bits per heavy atom. The Morgan fingerprint density at radius 3 is 2.00 bits per heavy atom. The van der Waals surface area contributed by atoms with Gasteiger partial charge in [0.2, 0.25) is 0 Å². The molecule has 0 saturated carbocycles. The predicted molar refractivity (Wildman–Crippen MR) is 89.3 cm³/mol. The van der Waals surface area contributed by atoms with Crippen LogP contribution in [0.15, 0.2) is 60.7 Å². The lowest BCUT2D eigenvalue weighted by molar-refractivity contribution is -0.133. The summed E-state index contributed by atoms with van der Waals surface area (Å²) < 4.78 is 15.6. The van der Waals surface area contributed by atoms with E-state index in [2.05, 4.69) is 0 Å². The van der Waals surface area contributed by atoms with Gasteiger partial charge < -0.3 is 24.4 Å². The lowest BCUT2D eigenvalue weighted by Crippen LogP contribution is -2.39. The molecule has 1 aliphatic heterocycles. The Labute approximate surface area is 149 Å². The van der Waals surface area contributed by atoms with Crippen molar-refractivity contribution < 1.29 is 34.0 Å². The van der Waals surface area contributed by atoms with E-state index in [-0.39, 0.29) is 6.61 Å². The molecule has 1 unspecified atom stereocenters. The second-order valence-electron chi connectivity index (χ2n) is 5.76. The molecule has 7 heteroatoms. The summed E-state index contributed by atoms with van der Waals surface area (Å²) in [6.45, 7) is -0.283. The van der Waals surface area contributed by atoms with E-state index in [4.69, 9.17) is 14.2 Å². The molecule has 1 saturated heterocycles. The largest absolute Gasteiger partial charge is 0.459 e. The van der Waals surface area contributed by atoms with E-state index in [1.165, 1.54) is 0 Å². The molecule has 1 fully saturated rings. The van der Waals surface area contributed by atoms with Crippen LogP contribution in [0.1, 0.15) is 20.7 Å². The van der Waals surface area contributed by atoms with Crippen molar-refractivity contribution in [3.63, 3.8) is 0 Å². The van der Waals surface area contributed by atoms with Gasteiger partial charge in [-0.05, 0) is 24.3 Å². The summed E-state index contributed by atoms with van der Waals surface area (Å²) in [5.41, 5.74) is 0.644. The minimum absolute atomic E-state index is 0.283. The Bertz CT molecular complexity index is 747. The molecule has 0 bridgehead atoms. The van der Waals surface area contributed by atoms with E-state index in [0.29, 0.717) is 11.1 Å². The molecule has 1 heterocycles. The lowest BCUT2D eigenvalue weighted by atomic mass is 10.1. The number of ether oxygens (including phenoxy) is 3. The van der Waals surface area contributed by atoms with Crippen LogP contribution < -0.4 is 0 Å². The molecule has 0 spiro atoms. The normalized spacial score (nSPS) is 24.8. The van der Waals surface area contributed by atoms with Crippen molar-refractivity contribution in [2.45, 2.75) is 24.6 Å². The second-order valence-corrected chi connectivity index (χ2v) is 5.76. The molecule has 0 radical (unpaired) electrons. The van der Waals surface area contributed by atoms with Gasteiger partial charge in [-0.2, -0.15) is 0 Å². The van der Waals surface area contributed by atoms with E-state index in [9.17, 15) is 19.8 Å². The first-order chi connectivity index (χ1) is 12.6. The third kappa shape index (κ3) is 4.08. The number of benzene rings is 2. The van der Waals surface area contributed by atoms with Crippen LogP contribution in [0.3, 0.4) is 0 Å². The van der Waals surface area contributed by atoms with Crippen molar-refractivity contribution in [3.8, 4) is 0 Å².